The molecular formula is C34H88O. The topological polar surface area (TPSA) is 17.1 Å². The van der Waals surface area contributed by atoms with E-state index < -0.39 is 0 Å². The summed E-state index contributed by atoms with van der Waals surface area (Å²) in [6.45, 7) is 49.9. The molecule has 0 aromatic heterocycles. The van der Waals surface area contributed by atoms with Gasteiger partial charge in [0.15, 0.2) is 0 Å². The van der Waals surface area contributed by atoms with Crippen molar-refractivity contribution in [1.82, 2.24) is 0 Å². The molecule has 0 rings (SSSR count). The second kappa shape index (κ2) is 103. The quantitative estimate of drug-likeness (QED) is 0.367. The largest absolute Gasteiger partial charge is 0.299 e. The molecule has 0 aromatic carbocycles. The van der Waals surface area contributed by atoms with Crippen LogP contribution in [0.1, 0.15) is 199 Å². The van der Waals surface area contributed by atoms with Gasteiger partial charge in [0, 0.05) is 12.3 Å². The van der Waals surface area contributed by atoms with Crippen LogP contribution in [0.4, 0.5) is 0 Å². The van der Waals surface area contributed by atoms with Gasteiger partial charge in [-0.1, -0.05) is 193 Å². The van der Waals surface area contributed by atoms with Crippen LogP contribution in [0.2, 0.25) is 0 Å². The second-order valence-corrected chi connectivity index (χ2v) is 8.65. The molecule has 0 unspecified atom stereocenters. The smallest absolute Gasteiger partial charge is 0.135 e. The molecule has 0 bridgehead atoms. The Kier molecular flexibility index (Phi) is 207. The van der Waals surface area contributed by atoms with Crippen molar-refractivity contribution < 1.29 is 4.79 Å². The third-order valence-electron chi connectivity index (χ3n) is 1.81. The Morgan fingerprint density at radius 3 is 0.600 bits per heavy atom. The molecule has 0 saturated carbocycles. The van der Waals surface area contributed by atoms with Gasteiger partial charge in [0.1, 0.15) is 5.78 Å². The molecule has 0 heterocycles. The second-order valence-electron chi connectivity index (χ2n) is 8.65. The molecule has 0 aliphatic heterocycles. The van der Waals surface area contributed by atoms with Gasteiger partial charge in [-0.25, -0.2) is 0 Å². The van der Waals surface area contributed by atoms with E-state index in [1.54, 1.807) is 0 Å². The van der Waals surface area contributed by atoms with Crippen LogP contribution in [0.3, 0.4) is 0 Å². The van der Waals surface area contributed by atoms with Gasteiger partial charge in [-0.05, 0) is 17.8 Å². The average molecular weight is 513 g/mol. The Bertz CT molecular complexity index is 177. The summed E-state index contributed by atoms with van der Waals surface area (Å²) in [5.41, 5.74) is 0. The Labute approximate surface area is 233 Å². The standard InChI is InChI=1S/C6H12O.C5H12.2C4H10.2C3H8.4C2H6.CH4/c1-4-6(7)5(2)3;1-4-5(2)3;2*1-4(2)3;2*1-3-2;4*1-2;/h5H,4H2,1-3H3;5H,4H2,1-3H3;2*4H,1-3H3;2*3H2,1-2H3;4*1-2H3;1H4. The van der Waals surface area contributed by atoms with E-state index in [-0.39, 0.29) is 13.3 Å². The molecule has 1 nitrogen and oxygen atoms in total. The van der Waals surface area contributed by atoms with Crippen molar-refractivity contribution in [2.45, 2.75) is 199 Å². The highest BCUT2D eigenvalue weighted by Gasteiger charge is 2.00. The summed E-state index contributed by atoms with van der Waals surface area (Å²) in [7, 11) is 0. The van der Waals surface area contributed by atoms with Crippen LogP contribution in [0.25, 0.3) is 0 Å². The Hall–Kier alpha value is -0.330. The summed E-state index contributed by atoms with van der Waals surface area (Å²) in [4.78, 5) is 10.5. The van der Waals surface area contributed by atoms with E-state index in [0.29, 0.717) is 12.2 Å². The predicted octanol–water partition coefficient (Wildman–Crippen LogP) is 14.6. The highest BCUT2D eigenvalue weighted by molar-refractivity contribution is 5.79. The summed E-state index contributed by atoms with van der Waals surface area (Å²) in [6, 6.07) is 0. The lowest BCUT2D eigenvalue weighted by atomic mass is 10.1. The summed E-state index contributed by atoms with van der Waals surface area (Å²) in [6.07, 6.45) is 4.48. The summed E-state index contributed by atoms with van der Waals surface area (Å²) in [5.74, 6) is 3.12. The highest BCUT2D eigenvalue weighted by Crippen LogP contribution is 1.95. The molecule has 0 N–H and O–H groups in total. The molecule has 0 aromatic rings. The molecule has 0 aliphatic carbocycles. The van der Waals surface area contributed by atoms with Crippen molar-refractivity contribution in [2.24, 2.45) is 23.7 Å². The monoisotopic (exact) mass is 513 g/mol. The molecule has 35 heavy (non-hydrogen) atoms. The van der Waals surface area contributed by atoms with Crippen molar-refractivity contribution in [3.8, 4) is 0 Å². The van der Waals surface area contributed by atoms with E-state index >= 15 is 0 Å². The van der Waals surface area contributed by atoms with E-state index in [2.05, 4.69) is 90.0 Å². The van der Waals surface area contributed by atoms with Gasteiger partial charge in [0.05, 0.1) is 0 Å². The van der Waals surface area contributed by atoms with E-state index in [1.165, 1.54) is 19.3 Å². The van der Waals surface area contributed by atoms with Crippen LogP contribution in [0.15, 0.2) is 0 Å². The predicted molar refractivity (Wildman–Crippen MR) is 180 cm³/mol. The van der Waals surface area contributed by atoms with E-state index in [1.807, 2.05) is 76.2 Å². The van der Waals surface area contributed by atoms with Crippen LogP contribution < -0.4 is 0 Å². The molecular weight excluding hydrogens is 424 g/mol. The van der Waals surface area contributed by atoms with E-state index in [0.717, 1.165) is 17.8 Å². The minimum Gasteiger partial charge on any atom is -0.299 e. The van der Waals surface area contributed by atoms with Crippen molar-refractivity contribution in [3.63, 3.8) is 0 Å². The van der Waals surface area contributed by atoms with Crippen molar-refractivity contribution in [1.29, 1.82) is 0 Å². The van der Waals surface area contributed by atoms with Crippen LogP contribution in [0, 0.1) is 23.7 Å². The summed E-state index contributed by atoms with van der Waals surface area (Å²) in [5, 5.41) is 0. The number of carbonyl (C=O) groups excluding carboxylic acids is 1. The van der Waals surface area contributed by atoms with E-state index in [9.17, 15) is 4.79 Å². The Morgan fingerprint density at radius 2 is 0.600 bits per heavy atom. The summed E-state index contributed by atoms with van der Waals surface area (Å²) >= 11 is 0. The zero-order valence-corrected chi connectivity index (χ0v) is 30.0. The molecule has 0 saturated heterocycles. The molecule has 0 radical (unpaired) electrons. The molecule has 230 valence electrons. The van der Waals surface area contributed by atoms with Crippen molar-refractivity contribution in [2.75, 3.05) is 0 Å². The lowest BCUT2D eigenvalue weighted by molar-refractivity contribution is -0.121. The number of rotatable bonds is 3. The number of hydrogen-bond acceptors (Lipinski definition) is 1. The maximum Gasteiger partial charge on any atom is 0.135 e. The lowest BCUT2D eigenvalue weighted by Gasteiger charge is -1.96. The first-order valence-electron chi connectivity index (χ1n) is 15.3. The fraction of sp³-hybridized carbons (Fsp3) is 0.971. The first kappa shape index (κ1) is 70.2. The SMILES string of the molecule is C.CC.CC.CC.CC.CC(C)C.CC(C)C.CCC.CCC.CCC(=O)C(C)C.CCC(C)C. The fourth-order valence-electron chi connectivity index (χ4n) is 0.408. The molecule has 0 fully saturated rings. The number of ketones is 1. The highest BCUT2D eigenvalue weighted by atomic mass is 16.1. The lowest BCUT2D eigenvalue weighted by Crippen LogP contribution is -2.03. The van der Waals surface area contributed by atoms with Crippen molar-refractivity contribution in [3.05, 3.63) is 0 Å². The molecule has 0 amide bonds. The minimum absolute atomic E-state index is 0. The van der Waals surface area contributed by atoms with Crippen LogP contribution in [-0.2, 0) is 4.79 Å². The number of Topliss-reactive ketones (excluding diaryl/α,β-unsaturated/α-hetero) is 1. The molecule has 1 heteroatoms. The minimum atomic E-state index is 0. The van der Waals surface area contributed by atoms with Crippen LogP contribution in [-0.4, -0.2) is 5.78 Å². The third kappa shape index (κ3) is 574. The first-order chi connectivity index (χ1) is 15.7. The zero-order chi connectivity index (χ0) is 30.7. The Morgan fingerprint density at radius 1 is 0.486 bits per heavy atom. The van der Waals surface area contributed by atoms with Gasteiger partial charge in [0.2, 0.25) is 0 Å². The average Bonchev–Trinajstić information content (AvgIpc) is 2.79. The van der Waals surface area contributed by atoms with Gasteiger partial charge in [-0.3, -0.25) is 4.79 Å². The van der Waals surface area contributed by atoms with Crippen molar-refractivity contribution >= 4 is 5.78 Å². The zero-order valence-electron chi connectivity index (χ0n) is 30.0. The normalized spacial score (nSPS) is 7.09. The number of carbonyl (C=O) groups is 1. The molecule has 0 spiro atoms. The maximum atomic E-state index is 10.5. The maximum absolute atomic E-state index is 10.5. The van der Waals surface area contributed by atoms with Crippen LogP contribution >= 0.6 is 0 Å². The third-order valence-corrected chi connectivity index (χ3v) is 1.81. The fourth-order valence-corrected chi connectivity index (χ4v) is 0.408. The van der Waals surface area contributed by atoms with E-state index in [4.69, 9.17) is 0 Å². The van der Waals surface area contributed by atoms with Gasteiger partial charge in [0.25, 0.3) is 0 Å². The van der Waals surface area contributed by atoms with Gasteiger partial charge in [-0.2, -0.15) is 0 Å². The van der Waals surface area contributed by atoms with Gasteiger partial charge in [-0.15, -0.1) is 0 Å². The van der Waals surface area contributed by atoms with Gasteiger partial charge < -0.3 is 0 Å². The molecule has 0 atom stereocenters. The molecule has 0 aliphatic rings. The first-order valence-corrected chi connectivity index (χ1v) is 15.3. The summed E-state index contributed by atoms with van der Waals surface area (Å²) < 4.78 is 0. The van der Waals surface area contributed by atoms with Gasteiger partial charge >= 0.3 is 0 Å². The number of hydrogen-bond donors (Lipinski definition) is 0. The van der Waals surface area contributed by atoms with Crippen LogP contribution in [0.5, 0.6) is 0 Å². The Balaban J connectivity index is -0.0000000210.